The first-order valence-corrected chi connectivity index (χ1v) is 7.44. The maximum Gasteiger partial charge on any atom is 0.337 e. The maximum atomic E-state index is 11.9. The lowest BCUT2D eigenvalue weighted by molar-refractivity contribution is -0.118. The number of nitrogens with zero attached hydrogens (tertiary/aromatic N) is 1. The van der Waals surface area contributed by atoms with Gasteiger partial charge in [0.15, 0.2) is 0 Å². The summed E-state index contributed by atoms with van der Waals surface area (Å²) in [5.41, 5.74) is 2.17. The fourth-order valence-corrected chi connectivity index (χ4v) is 2.03. The molecule has 1 aromatic heterocycles. The summed E-state index contributed by atoms with van der Waals surface area (Å²) in [5, 5.41) is 3.30. The molecule has 0 aliphatic carbocycles. The SMILES string of the molecule is COC(=O)c1cc(NC(=O)C(C)C)cc(-c2ccc(Cl)cn2)c1. The van der Waals surface area contributed by atoms with E-state index in [-0.39, 0.29) is 11.8 Å². The van der Waals surface area contributed by atoms with E-state index >= 15 is 0 Å². The topological polar surface area (TPSA) is 68.3 Å². The molecule has 0 atom stereocenters. The number of nitrogens with one attached hydrogen (secondary N) is 1. The van der Waals surface area contributed by atoms with Gasteiger partial charge in [-0.3, -0.25) is 9.78 Å². The number of methoxy groups -OCH3 is 1. The van der Waals surface area contributed by atoms with Crippen molar-refractivity contribution in [2.75, 3.05) is 12.4 Å². The van der Waals surface area contributed by atoms with Crippen molar-refractivity contribution in [2.45, 2.75) is 13.8 Å². The number of carbonyl (C=O) groups is 2. The Morgan fingerprint density at radius 1 is 1.22 bits per heavy atom. The minimum absolute atomic E-state index is 0.137. The van der Waals surface area contributed by atoms with Gasteiger partial charge >= 0.3 is 5.97 Å². The van der Waals surface area contributed by atoms with Crippen LogP contribution in [0.1, 0.15) is 24.2 Å². The highest BCUT2D eigenvalue weighted by molar-refractivity contribution is 6.30. The van der Waals surface area contributed by atoms with Crippen LogP contribution in [0, 0.1) is 5.92 Å². The smallest absolute Gasteiger partial charge is 0.337 e. The molecule has 1 amide bonds. The summed E-state index contributed by atoms with van der Waals surface area (Å²) < 4.78 is 4.76. The normalized spacial score (nSPS) is 10.5. The molecule has 120 valence electrons. The lowest BCUT2D eigenvalue weighted by Crippen LogP contribution is -2.18. The minimum Gasteiger partial charge on any atom is -0.465 e. The Balaban J connectivity index is 2.46. The van der Waals surface area contributed by atoms with Gasteiger partial charge in [-0.05, 0) is 30.3 Å². The zero-order valence-electron chi connectivity index (χ0n) is 13.1. The number of benzene rings is 1. The van der Waals surface area contributed by atoms with E-state index in [2.05, 4.69) is 10.3 Å². The van der Waals surface area contributed by atoms with Crippen LogP contribution < -0.4 is 5.32 Å². The molecular weight excluding hydrogens is 316 g/mol. The lowest BCUT2D eigenvalue weighted by Gasteiger charge is -2.11. The molecule has 1 heterocycles. The van der Waals surface area contributed by atoms with Gasteiger partial charge in [0.05, 0.1) is 23.4 Å². The van der Waals surface area contributed by atoms with Crippen molar-refractivity contribution >= 4 is 29.2 Å². The first kappa shape index (κ1) is 17.0. The van der Waals surface area contributed by atoms with E-state index < -0.39 is 5.97 Å². The molecule has 5 nitrogen and oxygen atoms in total. The van der Waals surface area contributed by atoms with Crippen molar-refractivity contribution in [3.05, 3.63) is 47.1 Å². The highest BCUT2D eigenvalue weighted by Crippen LogP contribution is 2.25. The molecule has 0 bridgehead atoms. The van der Waals surface area contributed by atoms with Gasteiger partial charge in [-0.2, -0.15) is 0 Å². The van der Waals surface area contributed by atoms with Crippen LogP contribution in [-0.2, 0) is 9.53 Å². The van der Waals surface area contributed by atoms with E-state index in [0.717, 1.165) is 0 Å². The summed E-state index contributed by atoms with van der Waals surface area (Å²) in [6.45, 7) is 3.59. The van der Waals surface area contributed by atoms with E-state index in [4.69, 9.17) is 16.3 Å². The van der Waals surface area contributed by atoms with Crippen LogP contribution in [-0.4, -0.2) is 24.0 Å². The Hall–Kier alpha value is -2.40. The molecule has 0 fully saturated rings. The molecule has 23 heavy (non-hydrogen) atoms. The van der Waals surface area contributed by atoms with Gasteiger partial charge in [-0.1, -0.05) is 25.4 Å². The first-order valence-electron chi connectivity index (χ1n) is 7.07. The molecule has 0 saturated carbocycles. The molecule has 1 N–H and O–H groups in total. The molecule has 1 aromatic carbocycles. The predicted octanol–water partition coefficient (Wildman–Crippen LogP) is 3.78. The van der Waals surface area contributed by atoms with Gasteiger partial charge in [0, 0.05) is 23.4 Å². The van der Waals surface area contributed by atoms with E-state index in [1.54, 1.807) is 44.2 Å². The zero-order chi connectivity index (χ0) is 17.0. The van der Waals surface area contributed by atoms with Gasteiger partial charge in [0.1, 0.15) is 0 Å². The van der Waals surface area contributed by atoms with Crippen LogP contribution >= 0.6 is 11.6 Å². The predicted molar refractivity (Wildman–Crippen MR) is 89.5 cm³/mol. The van der Waals surface area contributed by atoms with Crippen LogP contribution in [0.4, 0.5) is 5.69 Å². The van der Waals surface area contributed by atoms with Crippen LogP contribution in [0.2, 0.25) is 5.02 Å². The minimum atomic E-state index is -0.485. The number of amides is 1. The monoisotopic (exact) mass is 332 g/mol. The summed E-state index contributed by atoms with van der Waals surface area (Å²) in [6, 6.07) is 8.44. The fraction of sp³-hybridized carbons (Fsp3) is 0.235. The highest BCUT2D eigenvalue weighted by atomic mass is 35.5. The second-order valence-electron chi connectivity index (χ2n) is 5.30. The third kappa shape index (κ3) is 4.29. The standard InChI is InChI=1S/C17H17ClN2O3/c1-10(2)16(21)20-14-7-11(6-12(8-14)17(22)23-3)15-5-4-13(18)9-19-15/h4-10H,1-3H3,(H,20,21). The Morgan fingerprint density at radius 3 is 2.52 bits per heavy atom. The van der Waals surface area contributed by atoms with E-state index in [1.165, 1.54) is 13.3 Å². The second-order valence-corrected chi connectivity index (χ2v) is 5.73. The van der Waals surface area contributed by atoms with E-state index in [0.29, 0.717) is 27.5 Å². The molecule has 2 aromatic rings. The highest BCUT2D eigenvalue weighted by Gasteiger charge is 2.13. The van der Waals surface area contributed by atoms with E-state index in [9.17, 15) is 9.59 Å². The van der Waals surface area contributed by atoms with Crippen LogP contribution in [0.5, 0.6) is 0 Å². The fourth-order valence-electron chi connectivity index (χ4n) is 1.92. The molecule has 0 aliphatic heterocycles. The third-order valence-electron chi connectivity index (χ3n) is 3.17. The number of ether oxygens (including phenoxy) is 1. The average molecular weight is 333 g/mol. The number of pyridine rings is 1. The summed E-state index contributed by atoms with van der Waals surface area (Å²) in [4.78, 5) is 28.0. The van der Waals surface area contributed by atoms with Gasteiger partial charge in [-0.15, -0.1) is 0 Å². The largest absolute Gasteiger partial charge is 0.465 e. The average Bonchev–Trinajstić information content (AvgIpc) is 2.54. The number of anilines is 1. The van der Waals surface area contributed by atoms with Crippen LogP contribution in [0.25, 0.3) is 11.3 Å². The summed E-state index contributed by atoms with van der Waals surface area (Å²) in [5.74, 6) is -0.795. The van der Waals surface area contributed by atoms with E-state index in [1.807, 2.05) is 0 Å². The number of hydrogen-bond acceptors (Lipinski definition) is 4. The number of halogens is 1. The summed E-state index contributed by atoms with van der Waals surface area (Å²) in [7, 11) is 1.31. The molecule has 0 saturated heterocycles. The van der Waals surface area contributed by atoms with Crippen molar-refractivity contribution in [1.29, 1.82) is 0 Å². The number of esters is 1. The quantitative estimate of drug-likeness (QED) is 0.865. The van der Waals surface area contributed by atoms with Crippen LogP contribution in [0.3, 0.4) is 0 Å². The van der Waals surface area contributed by atoms with Crippen molar-refractivity contribution in [1.82, 2.24) is 4.98 Å². The van der Waals surface area contributed by atoms with Crippen molar-refractivity contribution < 1.29 is 14.3 Å². The Morgan fingerprint density at radius 2 is 1.96 bits per heavy atom. The maximum absolute atomic E-state index is 11.9. The van der Waals surface area contributed by atoms with Gasteiger partial charge in [0.2, 0.25) is 5.91 Å². The van der Waals surface area contributed by atoms with Crippen molar-refractivity contribution in [3.63, 3.8) is 0 Å². The molecule has 6 heteroatoms. The van der Waals surface area contributed by atoms with Crippen molar-refractivity contribution in [2.24, 2.45) is 5.92 Å². The van der Waals surface area contributed by atoms with Crippen molar-refractivity contribution in [3.8, 4) is 11.3 Å². The summed E-state index contributed by atoms with van der Waals surface area (Å²) in [6.07, 6.45) is 1.52. The van der Waals surface area contributed by atoms with Gasteiger partial charge < -0.3 is 10.1 Å². The molecular formula is C17H17ClN2O3. The van der Waals surface area contributed by atoms with Gasteiger partial charge in [-0.25, -0.2) is 4.79 Å². The van der Waals surface area contributed by atoms with Crippen LogP contribution in [0.15, 0.2) is 36.5 Å². The molecule has 0 spiro atoms. The Kier molecular flexibility index (Phi) is 5.34. The Labute approximate surface area is 139 Å². The molecule has 0 radical (unpaired) electrons. The molecule has 2 rings (SSSR count). The molecule has 0 unspecified atom stereocenters. The number of aromatic nitrogens is 1. The number of carbonyl (C=O) groups excluding carboxylic acids is 2. The first-order chi connectivity index (χ1) is 10.9. The number of rotatable bonds is 4. The lowest BCUT2D eigenvalue weighted by atomic mass is 10.1. The Bertz CT molecular complexity index is 727. The third-order valence-corrected chi connectivity index (χ3v) is 3.39. The zero-order valence-corrected chi connectivity index (χ0v) is 13.8. The summed E-state index contributed by atoms with van der Waals surface area (Å²) >= 11 is 5.84. The molecule has 0 aliphatic rings. The second kappa shape index (κ2) is 7.24. The van der Waals surface area contributed by atoms with Gasteiger partial charge in [0.25, 0.3) is 0 Å². The number of hydrogen-bond donors (Lipinski definition) is 1.